The van der Waals surface area contributed by atoms with E-state index in [4.69, 9.17) is 16.3 Å². The average molecular weight is 496 g/mol. The Balaban J connectivity index is 1.55. The van der Waals surface area contributed by atoms with Gasteiger partial charge in [0.15, 0.2) is 0 Å². The summed E-state index contributed by atoms with van der Waals surface area (Å²) in [5.74, 6) is -5.48. The lowest BCUT2D eigenvalue weighted by molar-refractivity contribution is -0.133. The van der Waals surface area contributed by atoms with Gasteiger partial charge < -0.3 is 15.0 Å². The highest BCUT2D eigenvalue weighted by Gasteiger charge is 2.46. The van der Waals surface area contributed by atoms with E-state index in [0.717, 1.165) is 11.6 Å². The monoisotopic (exact) mass is 495 g/mol. The Labute approximate surface area is 200 Å². The van der Waals surface area contributed by atoms with E-state index in [1.54, 1.807) is 25.1 Å². The molecule has 2 saturated heterocycles. The summed E-state index contributed by atoms with van der Waals surface area (Å²) in [4.78, 5) is 24.7. The molecule has 0 aliphatic carbocycles. The molecule has 1 unspecified atom stereocenters. The van der Waals surface area contributed by atoms with Gasteiger partial charge in [0.25, 0.3) is 5.92 Å². The van der Waals surface area contributed by atoms with Crippen molar-refractivity contribution < 1.29 is 27.5 Å². The number of methoxy groups -OCH3 is 1. The minimum Gasteiger partial charge on any atom is -0.495 e. The van der Waals surface area contributed by atoms with Crippen molar-refractivity contribution in [3.8, 4) is 5.75 Å². The number of benzene rings is 2. The zero-order chi connectivity index (χ0) is 24.6. The Hall–Kier alpha value is -2.94. The lowest BCUT2D eigenvalue weighted by Gasteiger charge is -2.40. The van der Waals surface area contributed by atoms with Crippen LogP contribution < -0.4 is 20.3 Å². The zero-order valence-electron chi connectivity index (χ0n) is 18.8. The molecular formula is C24H25ClF3N3O3. The van der Waals surface area contributed by atoms with Crippen molar-refractivity contribution in [3.05, 3.63) is 52.3 Å². The molecule has 10 heteroatoms. The van der Waals surface area contributed by atoms with Crippen molar-refractivity contribution >= 4 is 34.8 Å². The Kier molecular flexibility index (Phi) is 6.66. The molecule has 2 atom stereocenters. The summed E-state index contributed by atoms with van der Waals surface area (Å²) in [7, 11) is 1.37. The summed E-state index contributed by atoms with van der Waals surface area (Å²) in [6.45, 7) is 1.34. The molecule has 2 aromatic rings. The number of hydrogen-bond donors (Lipinski definition) is 2. The van der Waals surface area contributed by atoms with Gasteiger partial charge in [0.1, 0.15) is 17.6 Å². The third-order valence-corrected chi connectivity index (χ3v) is 6.79. The van der Waals surface area contributed by atoms with Crippen molar-refractivity contribution in [2.75, 3.05) is 30.4 Å². The average Bonchev–Trinajstić information content (AvgIpc) is 2.77. The standard InChI is InChI=1S/C24H25ClF3N3O3/c1-13-9-14(3-4-16(13)25)15-7-8-31(12-24(15,27)28)20-11-21(34-2)19(10-17(20)26)29-18-5-6-22(32)30-23(18)33/h3-4,9-11,15,18,29H,5-8,12H2,1-2H3,(H,30,32,33)/t15-,18?/m0/s1. The molecule has 2 aliphatic heterocycles. The normalized spacial score (nSPS) is 22.4. The van der Waals surface area contributed by atoms with Crippen molar-refractivity contribution in [2.24, 2.45) is 0 Å². The fourth-order valence-electron chi connectivity index (χ4n) is 4.53. The van der Waals surface area contributed by atoms with Gasteiger partial charge in [-0.3, -0.25) is 14.9 Å². The number of nitrogens with one attached hydrogen (secondary N) is 2. The third-order valence-electron chi connectivity index (χ3n) is 6.36. The predicted molar refractivity (Wildman–Crippen MR) is 123 cm³/mol. The van der Waals surface area contributed by atoms with Crippen LogP contribution in [0.5, 0.6) is 5.75 Å². The Morgan fingerprint density at radius 3 is 2.62 bits per heavy atom. The number of rotatable bonds is 5. The molecule has 4 rings (SSSR count). The number of hydrogen-bond acceptors (Lipinski definition) is 5. The fraction of sp³-hybridized carbons (Fsp3) is 0.417. The molecule has 0 aromatic heterocycles. The maximum atomic E-state index is 15.2. The van der Waals surface area contributed by atoms with Crippen LogP contribution in [0.15, 0.2) is 30.3 Å². The van der Waals surface area contributed by atoms with E-state index in [0.29, 0.717) is 10.6 Å². The smallest absolute Gasteiger partial charge is 0.272 e. The highest BCUT2D eigenvalue weighted by molar-refractivity contribution is 6.31. The SMILES string of the molecule is COc1cc(N2CC[C@@H](c3ccc(Cl)c(C)c3)C(F)(F)C2)c(F)cc1NC1CCC(=O)NC1=O. The molecule has 2 N–H and O–H groups in total. The topological polar surface area (TPSA) is 70.7 Å². The Bertz CT molecular complexity index is 1130. The largest absolute Gasteiger partial charge is 0.495 e. The number of aryl methyl sites for hydroxylation is 1. The van der Waals surface area contributed by atoms with Gasteiger partial charge in [-0.05, 0) is 37.0 Å². The first-order valence-electron chi connectivity index (χ1n) is 11.0. The van der Waals surface area contributed by atoms with Gasteiger partial charge in [0.2, 0.25) is 11.8 Å². The molecule has 2 aromatic carbocycles. The first kappa shape index (κ1) is 24.2. The first-order valence-corrected chi connectivity index (χ1v) is 11.3. The minimum absolute atomic E-state index is 0.00362. The van der Waals surface area contributed by atoms with E-state index in [9.17, 15) is 9.59 Å². The number of carbonyl (C=O) groups is 2. The van der Waals surface area contributed by atoms with Crippen LogP contribution in [-0.2, 0) is 9.59 Å². The van der Waals surface area contributed by atoms with Crippen LogP contribution in [0.25, 0.3) is 0 Å². The number of piperidine rings is 2. The van der Waals surface area contributed by atoms with E-state index >= 15 is 13.2 Å². The molecule has 6 nitrogen and oxygen atoms in total. The number of imide groups is 1. The number of amides is 2. The van der Waals surface area contributed by atoms with Gasteiger partial charge in [-0.15, -0.1) is 0 Å². The minimum atomic E-state index is -3.10. The maximum absolute atomic E-state index is 15.2. The number of ether oxygens (including phenoxy) is 1. The van der Waals surface area contributed by atoms with Gasteiger partial charge in [0.05, 0.1) is 30.9 Å². The predicted octanol–water partition coefficient (Wildman–Crippen LogP) is 4.64. The summed E-state index contributed by atoms with van der Waals surface area (Å²) in [5.41, 5.74) is 1.44. The molecule has 2 heterocycles. The maximum Gasteiger partial charge on any atom is 0.272 e. The van der Waals surface area contributed by atoms with Gasteiger partial charge in [-0.2, -0.15) is 0 Å². The second kappa shape index (κ2) is 9.37. The first-order chi connectivity index (χ1) is 16.1. The van der Waals surface area contributed by atoms with Crippen LogP contribution >= 0.6 is 11.6 Å². The van der Waals surface area contributed by atoms with Crippen LogP contribution in [0.4, 0.5) is 24.5 Å². The van der Waals surface area contributed by atoms with Gasteiger partial charge in [0, 0.05) is 30.1 Å². The van der Waals surface area contributed by atoms with Crippen LogP contribution in [-0.4, -0.2) is 44.0 Å². The van der Waals surface area contributed by atoms with Crippen LogP contribution in [0.3, 0.4) is 0 Å². The van der Waals surface area contributed by atoms with Crippen molar-refractivity contribution in [1.82, 2.24) is 5.32 Å². The summed E-state index contributed by atoms with van der Waals surface area (Å²) in [6, 6.07) is 6.66. The summed E-state index contributed by atoms with van der Waals surface area (Å²) < 4.78 is 50.8. The molecule has 2 fully saturated rings. The lowest BCUT2D eigenvalue weighted by Crippen LogP contribution is -2.48. The van der Waals surface area contributed by atoms with Crippen LogP contribution in [0.1, 0.15) is 36.3 Å². The van der Waals surface area contributed by atoms with Crippen molar-refractivity contribution in [1.29, 1.82) is 0 Å². The molecule has 2 amide bonds. The molecule has 182 valence electrons. The van der Waals surface area contributed by atoms with E-state index in [1.165, 1.54) is 18.1 Å². The second-order valence-corrected chi connectivity index (χ2v) is 9.09. The van der Waals surface area contributed by atoms with E-state index in [-0.39, 0.29) is 48.8 Å². The molecular weight excluding hydrogens is 471 g/mol. The lowest BCUT2D eigenvalue weighted by atomic mass is 9.85. The number of nitrogens with zero attached hydrogens (tertiary/aromatic N) is 1. The molecule has 34 heavy (non-hydrogen) atoms. The quantitative estimate of drug-likeness (QED) is 0.591. The van der Waals surface area contributed by atoms with Crippen LogP contribution in [0, 0.1) is 12.7 Å². The molecule has 0 radical (unpaired) electrons. The van der Waals surface area contributed by atoms with E-state index in [1.807, 2.05) is 0 Å². The van der Waals surface area contributed by atoms with Gasteiger partial charge in [-0.1, -0.05) is 23.7 Å². The highest BCUT2D eigenvalue weighted by atomic mass is 35.5. The van der Waals surface area contributed by atoms with Gasteiger partial charge in [-0.25, -0.2) is 13.2 Å². The Morgan fingerprint density at radius 1 is 1.21 bits per heavy atom. The van der Waals surface area contributed by atoms with Crippen molar-refractivity contribution in [2.45, 2.75) is 44.1 Å². The molecule has 0 saturated carbocycles. The van der Waals surface area contributed by atoms with E-state index < -0.39 is 36.2 Å². The van der Waals surface area contributed by atoms with Crippen molar-refractivity contribution in [3.63, 3.8) is 0 Å². The highest BCUT2D eigenvalue weighted by Crippen LogP contribution is 2.44. The third kappa shape index (κ3) is 4.80. The number of carbonyl (C=O) groups excluding carboxylic acids is 2. The van der Waals surface area contributed by atoms with Gasteiger partial charge >= 0.3 is 0 Å². The molecule has 0 spiro atoms. The second-order valence-electron chi connectivity index (χ2n) is 8.68. The fourth-order valence-corrected chi connectivity index (χ4v) is 4.64. The van der Waals surface area contributed by atoms with E-state index in [2.05, 4.69) is 10.6 Å². The zero-order valence-corrected chi connectivity index (χ0v) is 19.5. The molecule has 0 bridgehead atoms. The number of anilines is 2. The Morgan fingerprint density at radius 2 is 1.97 bits per heavy atom. The number of alkyl halides is 2. The summed E-state index contributed by atoms with van der Waals surface area (Å²) in [6.07, 6.45) is 0.538. The number of halogens is 4. The molecule has 2 aliphatic rings. The van der Waals surface area contributed by atoms with Crippen LogP contribution in [0.2, 0.25) is 5.02 Å². The summed E-state index contributed by atoms with van der Waals surface area (Å²) >= 11 is 6.04. The summed E-state index contributed by atoms with van der Waals surface area (Å²) in [5, 5.41) is 5.63.